The average Bonchev–Trinajstić information content (AvgIpc) is 2.57. The molecule has 74 valence electrons. The Morgan fingerprint density at radius 1 is 1.50 bits per heavy atom. The first-order chi connectivity index (χ1) is 6.81. The van der Waals surface area contributed by atoms with Crippen LogP contribution in [-0.2, 0) is 0 Å². The zero-order valence-electron chi connectivity index (χ0n) is 7.88. The van der Waals surface area contributed by atoms with Crippen molar-refractivity contribution in [1.82, 2.24) is 10.2 Å². The predicted molar refractivity (Wildman–Crippen MR) is 57.0 cm³/mol. The number of halogens is 1. The molecule has 0 aliphatic carbocycles. The summed E-state index contributed by atoms with van der Waals surface area (Å²) in [4.78, 5) is 0. The second-order valence-electron chi connectivity index (χ2n) is 3.05. The van der Waals surface area contributed by atoms with E-state index in [1.165, 1.54) is 0 Å². The van der Waals surface area contributed by atoms with Gasteiger partial charge in [-0.15, -0.1) is 11.6 Å². The van der Waals surface area contributed by atoms with Gasteiger partial charge in [0.2, 0.25) is 0 Å². The molecule has 3 nitrogen and oxygen atoms in total. The van der Waals surface area contributed by atoms with Gasteiger partial charge in [-0.25, -0.2) is 0 Å². The molecule has 0 radical (unpaired) electrons. The van der Waals surface area contributed by atoms with E-state index in [1.54, 1.807) is 0 Å². The predicted octanol–water partition coefficient (Wildman–Crippen LogP) is 2.49. The molecule has 0 aliphatic heterocycles. The molecule has 0 unspecified atom stereocenters. The van der Waals surface area contributed by atoms with Gasteiger partial charge in [0, 0.05) is 5.39 Å². The van der Waals surface area contributed by atoms with Gasteiger partial charge in [0.25, 0.3) is 0 Å². The summed E-state index contributed by atoms with van der Waals surface area (Å²) >= 11 is 5.54. The standard InChI is InChI=1S/C10H11ClN2O/c1-7-9-6-8(14-5-4-11)2-3-10(9)13-12-7/h2-3,6H,4-5H2,1H3,(H,12,13). The highest BCUT2D eigenvalue weighted by molar-refractivity contribution is 6.18. The Kier molecular flexibility index (Phi) is 2.59. The molecule has 0 fully saturated rings. The summed E-state index contributed by atoms with van der Waals surface area (Å²) < 4.78 is 5.41. The Hall–Kier alpha value is -1.22. The third-order valence-electron chi connectivity index (χ3n) is 2.07. The van der Waals surface area contributed by atoms with Crippen LogP contribution in [0.15, 0.2) is 18.2 Å². The molecule has 1 aromatic carbocycles. The number of fused-ring (bicyclic) bond motifs is 1. The number of alkyl halides is 1. The van der Waals surface area contributed by atoms with Crippen molar-refractivity contribution in [3.8, 4) is 5.75 Å². The van der Waals surface area contributed by atoms with Crippen LogP contribution in [0.3, 0.4) is 0 Å². The minimum Gasteiger partial charge on any atom is -0.492 e. The molecule has 0 bridgehead atoms. The van der Waals surface area contributed by atoms with Crippen molar-refractivity contribution >= 4 is 22.5 Å². The zero-order valence-corrected chi connectivity index (χ0v) is 8.64. The van der Waals surface area contributed by atoms with Gasteiger partial charge < -0.3 is 4.74 Å². The van der Waals surface area contributed by atoms with Gasteiger partial charge in [0.05, 0.1) is 17.1 Å². The van der Waals surface area contributed by atoms with Crippen molar-refractivity contribution in [2.45, 2.75) is 6.92 Å². The lowest BCUT2D eigenvalue weighted by atomic mass is 10.2. The number of benzene rings is 1. The van der Waals surface area contributed by atoms with E-state index in [9.17, 15) is 0 Å². The SMILES string of the molecule is Cc1n[nH]c2ccc(OCCCl)cc12. The quantitative estimate of drug-likeness (QED) is 0.791. The molecule has 1 heterocycles. The number of nitrogens with zero attached hydrogens (tertiary/aromatic N) is 1. The summed E-state index contributed by atoms with van der Waals surface area (Å²) in [6.07, 6.45) is 0. The number of aromatic nitrogens is 2. The Labute approximate surface area is 87.0 Å². The van der Waals surface area contributed by atoms with Gasteiger partial charge >= 0.3 is 0 Å². The minimum atomic E-state index is 0.502. The van der Waals surface area contributed by atoms with Crippen LogP contribution >= 0.6 is 11.6 Å². The topological polar surface area (TPSA) is 37.9 Å². The molecule has 0 saturated heterocycles. The molecule has 0 saturated carbocycles. The normalized spacial score (nSPS) is 10.7. The van der Waals surface area contributed by atoms with E-state index >= 15 is 0 Å². The molecule has 1 N–H and O–H groups in total. The number of aromatic amines is 1. The molecule has 4 heteroatoms. The summed E-state index contributed by atoms with van der Waals surface area (Å²) in [6.45, 7) is 2.49. The number of hydrogen-bond donors (Lipinski definition) is 1. The molecular formula is C10H11ClN2O. The van der Waals surface area contributed by atoms with Gasteiger partial charge in [-0.2, -0.15) is 5.10 Å². The first-order valence-corrected chi connectivity index (χ1v) is 4.98. The Bertz CT molecular complexity index is 439. The lowest BCUT2D eigenvalue weighted by Crippen LogP contribution is -1.97. The number of nitrogens with one attached hydrogen (secondary N) is 1. The highest BCUT2D eigenvalue weighted by Crippen LogP contribution is 2.21. The largest absolute Gasteiger partial charge is 0.492 e. The Morgan fingerprint density at radius 3 is 3.14 bits per heavy atom. The molecule has 0 aliphatic rings. The second kappa shape index (κ2) is 3.88. The highest BCUT2D eigenvalue weighted by atomic mass is 35.5. The fourth-order valence-electron chi connectivity index (χ4n) is 1.37. The van der Waals surface area contributed by atoms with Crippen LogP contribution in [0.25, 0.3) is 10.9 Å². The van der Waals surface area contributed by atoms with Gasteiger partial charge in [-0.05, 0) is 25.1 Å². The maximum Gasteiger partial charge on any atom is 0.120 e. The zero-order chi connectivity index (χ0) is 9.97. The fourth-order valence-corrected chi connectivity index (χ4v) is 1.45. The first-order valence-electron chi connectivity index (χ1n) is 4.45. The summed E-state index contributed by atoms with van der Waals surface area (Å²) in [5.74, 6) is 1.34. The number of ether oxygens (including phenoxy) is 1. The number of H-pyrrole nitrogens is 1. The van der Waals surface area contributed by atoms with Crippen molar-refractivity contribution < 1.29 is 4.74 Å². The van der Waals surface area contributed by atoms with Crippen LogP contribution < -0.4 is 4.74 Å². The van der Waals surface area contributed by atoms with Crippen LogP contribution in [0.4, 0.5) is 0 Å². The van der Waals surface area contributed by atoms with E-state index < -0.39 is 0 Å². The van der Waals surface area contributed by atoms with Crippen molar-refractivity contribution in [2.75, 3.05) is 12.5 Å². The van der Waals surface area contributed by atoms with Crippen LogP contribution in [0.5, 0.6) is 5.75 Å². The van der Waals surface area contributed by atoms with E-state index in [-0.39, 0.29) is 0 Å². The van der Waals surface area contributed by atoms with Gasteiger partial charge in [-0.3, -0.25) is 5.10 Å². The van der Waals surface area contributed by atoms with Gasteiger partial charge in [-0.1, -0.05) is 0 Å². The van der Waals surface area contributed by atoms with E-state index in [2.05, 4.69) is 10.2 Å². The van der Waals surface area contributed by atoms with Crippen LogP contribution in [0.1, 0.15) is 5.69 Å². The number of aryl methyl sites for hydroxylation is 1. The molecule has 2 aromatic rings. The monoisotopic (exact) mass is 210 g/mol. The lowest BCUT2D eigenvalue weighted by Gasteiger charge is -2.03. The molecule has 0 atom stereocenters. The minimum absolute atomic E-state index is 0.502. The van der Waals surface area contributed by atoms with Crippen molar-refractivity contribution in [3.63, 3.8) is 0 Å². The Balaban J connectivity index is 2.34. The fraction of sp³-hybridized carbons (Fsp3) is 0.300. The number of rotatable bonds is 3. The van der Waals surface area contributed by atoms with Crippen LogP contribution in [0.2, 0.25) is 0 Å². The smallest absolute Gasteiger partial charge is 0.120 e. The molecule has 0 amide bonds. The van der Waals surface area contributed by atoms with E-state index in [0.717, 1.165) is 22.3 Å². The van der Waals surface area contributed by atoms with Crippen LogP contribution in [0, 0.1) is 6.92 Å². The van der Waals surface area contributed by atoms with Gasteiger partial charge in [0.1, 0.15) is 12.4 Å². The molecule has 2 rings (SSSR count). The molecule has 14 heavy (non-hydrogen) atoms. The second-order valence-corrected chi connectivity index (χ2v) is 3.43. The summed E-state index contributed by atoms with van der Waals surface area (Å²) in [7, 11) is 0. The molecular weight excluding hydrogens is 200 g/mol. The van der Waals surface area contributed by atoms with Crippen molar-refractivity contribution in [2.24, 2.45) is 0 Å². The summed E-state index contributed by atoms with van der Waals surface area (Å²) in [5, 5.41) is 8.14. The third kappa shape index (κ3) is 1.68. The average molecular weight is 211 g/mol. The van der Waals surface area contributed by atoms with Crippen molar-refractivity contribution in [3.05, 3.63) is 23.9 Å². The summed E-state index contributed by atoms with van der Waals surface area (Å²) in [6, 6.07) is 5.84. The Morgan fingerprint density at radius 2 is 2.36 bits per heavy atom. The third-order valence-corrected chi connectivity index (χ3v) is 2.23. The first kappa shape index (κ1) is 9.34. The van der Waals surface area contributed by atoms with Gasteiger partial charge in [0.15, 0.2) is 0 Å². The van der Waals surface area contributed by atoms with E-state index in [0.29, 0.717) is 12.5 Å². The molecule has 0 spiro atoms. The summed E-state index contributed by atoms with van der Waals surface area (Å²) in [5.41, 5.74) is 2.01. The maximum absolute atomic E-state index is 5.54. The van der Waals surface area contributed by atoms with Crippen molar-refractivity contribution in [1.29, 1.82) is 0 Å². The van der Waals surface area contributed by atoms with E-state index in [1.807, 2.05) is 25.1 Å². The number of hydrogen-bond acceptors (Lipinski definition) is 2. The van der Waals surface area contributed by atoms with Crippen LogP contribution in [-0.4, -0.2) is 22.7 Å². The highest BCUT2D eigenvalue weighted by Gasteiger charge is 2.02. The molecule has 1 aromatic heterocycles. The maximum atomic E-state index is 5.54. The van der Waals surface area contributed by atoms with E-state index in [4.69, 9.17) is 16.3 Å². The lowest BCUT2D eigenvalue weighted by molar-refractivity contribution is 0.343.